The lowest BCUT2D eigenvalue weighted by molar-refractivity contribution is -0.138. The quantitative estimate of drug-likeness (QED) is 0.743. The summed E-state index contributed by atoms with van der Waals surface area (Å²) in [6.07, 6.45) is 0. The zero-order valence-corrected chi connectivity index (χ0v) is 13.5. The van der Waals surface area contributed by atoms with Gasteiger partial charge >= 0.3 is 5.97 Å². The SMILES string of the molecule is CC(C)CS(=O)(=O)CC(=O)NCC(C(=O)O)c1ccccc1. The molecular formula is C15H21NO5S. The molecule has 7 heteroatoms. The van der Waals surface area contributed by atoms with E-state index in [4.69, 9.17) is 0 Å². The van der Waals surface area contributed by atoms with Gasteiger partial charge in [-0.3, -0.25) is 9.59 Å². The van der Waals surface area contributed by atoms with Crippen molar-refractivity contribution in [3.05, 3.63) is 35.9 Å². The third-order valence-electron chi connectivity index (χ3n) is 2.94. The van der Waals surface area contributed by atoms with Gasteiger partial charge in [-0.05, 0) is 11.5 Å². The molecule has 2 N–H and O–H groups in total. The van der Waals surface area contributed by atoms with Crippen LogP contribution in [0.4, 0.5) is 0 Å². The molecule has 0 saturated heterocycles. The van der Waals surface area contributed by atoms with Crippen LogP contribution in [0.5, 0.6) is 0 Å². The zero-order chi connectivity index (χ0) is 16.8. The fourth-order valence-corrected chi connectivity index (χ4v) is 3.70. The fourth-order valence-electron chi connectivity index (χ4n) is 2.07. The van der Waals surface area contributed by atoms with Gasteiger partial charge in [-0.25, -0.2) is 8.42 Å². The van der Waals surface area contributed by atoms with E-state index in [1.165, 1.54) is 0 Å². The number of sulfone groups is 1. The standard InChI is InChI=1S/C15H21NO5S/c1-11(2)9-22(20,21)10-14(17)16-8-13(15(18)19)12-6-4-3-5-7-12/h3-7,11,13H,8-10H2,1-2H3,(H,16,17)(H,18,19). The summed E-state index contributed by atoms with van der Waals surface area (Å²) in [6.45, 7) is 3.37. The molecule has 0 aromatic heterocycles. The van der Waals surface area contributed by atoms with Gasteiger partial charge in [-0.15, -0.1) is 0 Å². The molecular weight excluding hydrogens is 306 g/mol. The first-order chi connectivity index (χ1) is 10.2. The summed E-state index contributed by atoms with van der Waals surface area (Å²) < 4.78 is 23.4. The minimum Gasteiger partial charge on any atom is -0.481 e. The van der Waals surface area contributed by atoms with Crippen LogP contribution in [-0.2, 0) is 19.4 Å². The molecule has 6 nitrogen and oxygen atoms in total. The lowest BCUT2D eigenvalue weighted by Gasteiger charge is -2.14. The maximum absolute atomic E-state index is 11.7. The van der Waals surface area contributed by atoms with Gasteiger partial charge in [0.1, 0.15) is 5.75 Å². The van der Waals surface area contributed by atoms with Crippen molar-refractivity contribution >= 4 is 21.7 Å². The molecule has 1 aromatic rings. The summed E-state index contributed by atoms with van der Waals surface area (Å²) in [5.41, 5.74) is 0.556. The van der Waals surface area contributed by atoms with E-state index in [2.05, 4.69) is 5.32 Å². The summed E-state index contributed by atoms with van der Waals surface area (Å²) in [4.78, 5) is 23.0. The van der Waals surface area contributed by atoms with Crippen molar-refractivity contribution in [2.24, 2.45) is 5.92 Å². The van der Waals surface area contributed by atoms with Crippen molar-refractivity contribution in [1.82, 2.24) is 5.32 Å². The van der Waals surface area contributed by atoms with Crippen LogP contribution in [0.2, 0.25) is 0 Å². The number of carboxylic acids is 1. The third-order valence-corrected chi connectivity index (χ3v) is 4.82. The van der Waals surface area contributed by atoms with Crippen LogP contribution in [0, 0.1) is 5.92 Å². The average molecular weight is 327 g/mol. The van der Waals surface area contributed by atoms with Gasteiger partial charge < -0.3 is 10.4 Å². The van der Waals surface area contributed by atoms with E-state index < -0.39 is 33.4 Å². The molecule has 1 atom stereocenters. The molecule has 1 unspecified atom stereocenters. The van der Waals surface area contributed by atoms with Crippen molar-refractivity contribution in [3.8, 4) is 0 Å². The summed E-state index contributed by atoms with van der Waals surface area (Å²) in [6, 6.07) is 8.49. The number of carbonyl (C=O) groups excluding carboxylic acids is 1. The molecule has 1 rings (SSSR count). The van der Waals surface area contributed by atoms with Gasteiger partial charge in [-0.1, -0.05) is 44.2 Å². The van der Waals surface area contributed by atoms with Crippen LogP contribution in [0.15, 0.2) is 30.3 Å². The van der Waals surface area contributed by atoms with E-state index >= 15 is 0 Å². The minimum atomic E-state index is -3.47. The molecule has 0 aliphatic carbocycles. The van der Waals surface area contributed by atoms with Crippen LogP contribution in [0.25, 0.3) is 0 Å². The second-order valence-electron chi connectivity index (χ2n) is 5.55. The van der Waals surface area contributed by atoms with E-state index in [9.17, 15) is 23.1 Å². The number of hydrogen-bond donors (Lipinski definition) is 2. The Hall–Kier alpha value is -1.89. The molecule has 1 aromatic carbocycles. The Balaban J connectivity index is 2.63. The van der Waals surface area contributed by atoms with Crippen molar-refractivity contribution in [2.75, 3.05) is 18.1 Å². The van der Waals surface area contributed by atoms with Crippen molar-refractivity contribution < 1.29 is 23.1 Å². The maximum Gasteiger partial charge on any atom is 0.312 e. The van der Waals surface area contributed by atoms with Crippen LogP contribution < -0.4 is 5.32 Å². The van der Waals surface area contributed by atoms with Gasteiger partial charge in [0.2, 0.25) is 5.91 Å². The van der Waals surface area contributed by atoms with E-state index in [-0.39, 0.29) is 18.2 Å². The van der Waals surface area contributed by atoms with Gasteiger partial charge in [0.05, 0.1) is 11.7 Å². The van der Waals surface area contributed by atoms with Crippen LogP contribution >= 0.6 is 0 Å². The third kappa shape index (κ3) is 6.26. The first kappa shape index (κ1) is 18.2. The Morgan fingerprint density at radius 2 is 1.77 bits per heavy atom. The largest absolute Gasteiger partial charge is 0.481 e. The Bertz CT molecular complexity index is 610. The van der Waals surface area contributed by atoms with E-state index in [1.807, 2.05) is 0 Å². The van der Waals surface area contributed by atoms with Crippen molar-refractivity contribution in [1.29, 1.82) is 0 Å². The fraction of sp³-hybridized carbons (Fsp3) is 0.467. The van der Waals surface area contributed by atoms with Gasteiger partial charge in [-0.2, -0.15) is 0 Å². The molecule has 0 fully saturated rings. The molecule has 0 aliphatic rings. The van der Waals surface area contributed by atoms with Gasteiger partial charge in [0, 0.05) is 6.54 Å². The second-order valence-corrected chi connectivity index (χ2v) is 7.66. The maximum atomic E-state index is 11.7. The predicted octanol–water partition coefficient (Wildman–Crippen LogP) is 1.04. The average Bonchev–Trinajstić information content (AvgIpc) is 2.37. The zero-order valence-electron chi connectivity index (χ0n) is 12.7. The summed E-state index contributed by atoms with van der Waals surface area (Å²) in [5, 5.41) is 11.6. The summed E-state index contributed by atoms with van der Waals surface area (Å²) in [7, 11) is -3.47. The highest BCUT2D eigenvalue weighted by atomic mass is 32.2. The van der Waals surface area contributed by atoms with Crippen molar-refractivity contribution in [3.63, 3.8) is 0 Å². The molecule has 0 bridgehead atoms. The number of hydrogen-bond acceptors (Lipinski definition) is 4. The Labute approximate surface area is 130 Å². The number of benzene rings is 1. The van der Waals surface area contributed by atoms with Crippen LogP contribution in [0.3, 0.4) is 0 Å². The highest BCUT2D eigenvalue weighted by Crippen LogP contribution is 2.14. The highest BCUT2D eigenvalue weighted by Gasteiger charge is 2.22. The summed E-state index contributed by atoms with van der Waals surface area (Å²) >= 11 is 0. The Morgan fingerprint density at radius 1 is 1.18 bits per heavy atom. The van der Waals surface area contributed by atoms with Gasteiger partial charge in [0.25, 0.3) is 0 Å². The Morgan fingerprint density at radius 3 is 2.27 bits per heavy atom. The number of amides is 1. The molecule has 22 heavy (non-hydrogen) atoms. The van der Waals surface area contributed by atoms with Gasteiger partial charge in [0.15, 0.2) is 9.84 Å². The molecule has 0 radical (unpaired) electrons. The topological polar surface area (TPSA) is 101 Å². The molecule has 1 amide bonds. The first-order valence-electron chi connectivity index (χ1n) is 6.96. The Kier molecular flexibility index (Phi) is 6.55. The van der Waals surface area contributed by atoms with Crippen molar-refractivity contribution in [2.45, 2.75) is 19.8 Å². The van der Waals surface area contributed by atoms with E-state index in [0.29, 0.717) is 5.56 Å². The molecule has 0 aliphatic heterocycles. The smallest absolute Gasteiger partial charge is 0.312 e. The first-order valence-corrected chi connectivity index (χ1v) is 8.78. The molecule has 0 spiro atoms. The number of carboxylic acid groups (broad SMARTS) is 1. The normalized spacial score (nSPS) is 12.9. The van der Waals surface area contributed by atoms with Crippen LogP contribution in [0.1, 0.15) is 25.3 Å². The number of carbonyl (C=O) groups is 2. The van der Waals surface area contributed by atoms with E-state index in [0.717, 1.165) is 0 Å². The van der Waals surface area contributed by atoms with Crippen LogP contribution in [-0.4, -0.2) is 43.5 Å². The lowest BCUT2D eigenvalue weighted by Crippen LogP contribution is -2.36. The monoisotopic (exact) mass is 327 g/mol. The van der Waals surface area contributed by atoms with E-state index in [1.54, 1.807) is 44.2 Å². The number of rotatable bonds is 8. The predicted molar refractivity (Wildman–Crippen MR) is 83.3 cm³/mol. The highest BCUT2D eigenvalue weighted by molar-refractivity contribution is 7.92. The molecule has 0 saturated carbocycles. The number of aliphatic carboxylic acids is 1. The lowest BCUT2D eigenvalue weighted by atomic mass is 9.99. The number of nitrogens with one attached hydrogen (secondary N) is 1. The summed E-state index contributed by atoms with van der Waals surface area (Å²) in [5.74, 6) is -3.40. The molecule has 122 valence electrons. The molecule has 0 heterocycles. The second kappa shape index (κ2) is 7.93. The minimum absolute atomic E-state index is 0.0612.